The van der Waals surface area contributed by atoms with Gasteiger partial charge in [0.25, 0.3) is 0 Å². The van der Waals surface area contributed by atoms with Gasteiger partial charge >= 0.3 is 0 Å². The van der Waals surface area contributed by atoms with E-state index in [2.05, 4.69) is 9.59 Å². The zero-order valence-electron chi connectivity index (χ0n) is 5.90. The molecule has 1 saturated heterocycles. The predicted octanol–water partition coefficient (Wildman–Crippen LogP) is 2.06. The normalized spacial score (nSPS) is 25.3. The lowest BCUT2D eigenvalue weighted by Gasteiger charge is -2.18. The van der Waals surface area contributed by atoms with Crippen LogP contribution in [0.25, 0.3) is 0 Å². The Morgan fingerprint density at radius 1 is 1.45 bits per heavy atom. The molecule has 2 nitrogen and oxygen atoms in total. The first-order valence-corrected chi connectivity index (χ1v) is 6.41. The van der Waals surface area contributed by atoms with E-state index in [9.17, 15) is 0 Å². The molecule has 1 aliphatic heterocycles. The van der Waals surface area contributed by atoms with E-state index in [0.29, 0.717) is 5.25 Å². The molecule has 2 rings (SSSR count). The lowest BCUT2D eigenvalue weighted by Crippen LogP contribution is -2.04. The van der Waals surface area contributed by atoms with Gasteiger partial charge < -0.3 is 0 Å². The zero-order valence-corrected chi connectivity index (χ0v) is 8.34. The molecule has 0 aliphatic carbocycles. The van der Waals surface area contributed by atoms with Crippen LogP contribution in [0.2, 0.25) is 0 Å². The van der Waals surface area contributed by atoms with E-state index in [1.54, 1.807) is 0 Å². The molecule has 0 amide bonds. The highest BCUT2D eigenvalue weighted by molar-refractivity contribution is 8.06. The van der Waals surface area contributed by atoms with Gasteiger partial charge in [-0.2, -0.15) is 23.5 Å². The molecule has 60 valence electrons. The molecule has 1 atom stereocenters. The quantitative estimate of drug-likeness (QED) is 0.699. The molecule has 11 heavy (non-hydrogen) atoms. The molecule has 0 spiro atoms. The first-order valence-electron chi connectivity index (χ1n) is 3.43. The second-order valence-corrected chi connectivity index (χ2v) is 5.53. The van der Waals surface area contributed by atoms with E-state index in [1.807, 2.05) is 29.7 Å². The first-order chi connectivity index (χ1) is 5.47. The highest BCUT2D eigenvalue weighted by atomic mass is 32.2. The zero-order chi connectivity index (χ0) is 7.52. The van der Waals surface area contributed by atoms with Crippen LogP contribution in [-0.2, 0) is 0 Å². The molecule has 5 heteroatoms. The Morgan fingerprint density at radius 2 is 2.45 bits per heavy atom. The van der Waals surface area contributed by atoms with Gasteiger partial charge in [-0.25, -0.2) is 0 Å². The summed E-state index contributed by atoms with van der Waals surface area (Å²) in [7, 11) is 0. The fourth-order valence-corrected chi connectivity index (χ4v) is 4.49. The predicted molar refractivity (Wildman–Crippen MR) is 52.4 cm³/mol. The molecular formula is C6H8N2S3. The van der Waals surface area contributed by atoms with Crippen LogP contribution in [0.5, 0.6) is 0 Å². The highest BCUT2D eigenvalue weighted by Crippen LogP contribution is 2.37. The topological polar surface area (TPSA) is 25.8 Å². The van der Waals surface area contributed by atoms with E-state index < -0.39 is 0 Å². The lowest BCUT2D eigenvalue weighted by molar-refractivity contribution is 1.10. The number of hydrogen-bond donors (Lipinski definition) is 0. The number of thioether (sulfide) groups is 2. The minimum absolute atomic E-state index is 0.661. The molecule has 0 bridgehead atoms. The van der Waals surface area contributed by atoms with Gasteiger partial charge in [-0.15, -0.1) is 5.10 Å². The van der Waals surface area contributed by atoms with Crippen molar-refractivity contribution in [3.8, 4) is 0 Å². The van der Waals surface area contributed by atoms with Crippen LogP contribution >= 0.6 is 35.1 Å². The molecular weight excluding hydrogens is 196 g/mol. The van der Waals surface area contributed by atoms with Crippen molar-refractivity contribution >= 4 is 35.1 Å². The van der Waals surface area contributed by atoms with Gasteiger partial charge in [0, 0.05) is 17.3 Å². The lowest BCUT2D eigenvalue weighted by atomic mass is 10.4. The average Bonchev–Trinajstić information content (AvgIpc) is 2.58. The number of rotatable bonds is 1. The van der Waals surface area contributed by atoms with Crippen LogP contribution in [-0.4, -0.2) is 26.8 Å². The van der Waals surface area contributed by atoms with Crippen LogP contribution in [0, 0.1) is 0 Å². The molecule has 0 radical (unpaired) electrons. The Balaban J connectivity index is 2.04. The van der Waals surface area contributed by atoms with Crippen molar-refractivity contribution in [3.63, 3.8) is 0 Å². The van der Waals surface area contributed by atoms with Gasteiger partial charge in [0.05, 0.1) is 16.3 Å². The maximum Gasteiger partial charge on any atom is 0.0664 e. The Bertz CT molecular complexity index is 206. The molecule has 1 aliphatic rings. The van der Waals surface area contributed by atoms with Crippen molar-refractivity contribution in [2.45, 2.75) is 5.25 Å². The molecule has 2 heterocycles. The Kier molecular flexibility index (Phi) is 2.71. The van der Waals surface area contributed by atoms with E-state index in [4.69, 9.17) is 0 Å². The smallest absolute Gasteiger partial charge is 0.0664 e. The second-order valence-electron chi connectivity index (χ2n) is 2.25. The Labute approximate surface area is 78.3 Å². The molecule has 1 aromatic rings. The maximum atomic E-state index is 3.87. The van der Waals surface area contributed by atoms with Crippen molar-refractivity contribution in [1.82, 2.24) is 9.59 Å². The van der Waals surface area contributed by atoms with E-state index in [-0.39, 0.29) is 0 Å². The van der Waals surface area contributed by atoms with E-state index >= 15 is 0 Å². The summed E-state index contributed by atoms with van der Waals surface area (Å²) in [5, 5.41) is 4.50. The molecule has 1 aromatic heterocycles. The van der Waals surface area contributed by atoms with Gasteiger partial charge in [0.15, 0.2) is 0 Å². The SMILES string of the molecule is c1nnsc1C1CSCCS1. The van der Waals surface area contributed by atoms with Crippen molar-refractivity contribution < 1.29 is 0 Å². The minimum atomic E-state index is 0.661. The third-order valence-corrected chi connectivity index (χ3v) is 5.23. The van der Waals surface area contributed by atoms with Gasteiger partial charge in [-0.3, -0.25) is 0 Å². The molecule has 1 fully saturated rings. The standard InChI is InChI=1S/C6H8N2S3/c1-2-10-6(4-9-1)5-3-7-8-11-5/h3,6H,1-2,4H2. The van der Waals surface area contributed by atoms with Gasteiger partial charge in [-0.1, -0.05) is 4.49 Å². The van der Waals surface area contributed by atoms with Crippen molar-refractivity contribution in [2.24, 2.45) is 0 Å². The van der Waals surface area contributed by atoms with Gasteiger partial charge in [0.2, 0.25) is 0 Å². The summed E-state index contributed by atoms with van der Waals surface area (Å²) in [5.74, 6) is 3.80. The summed E-state index contributed by atoms with van der Waals surface area (Å²) in [6, 6.07) is 0. The summed E-state index contributed by atoms with van der Waals surface area (Å²) in [6.45, 7) is 0. The van der Waals surface area contributed by atoms with Gasteiger partial charge in [0.1, 0.15) is 0 Å². The van der Waals surface area contributed by atoms with Crippen molar-refractivity contribution in [1.29, 1.82) is 0 Å². The van der Waals surface area contributed by atoms with E-state index in [1.165, 1.54) is 33.7 Å². The number of hydrogen-bond acceptors (Lipinski definition) is 5. The van der Waals surface area contributed by atoms with Crippen LogP contribution < -0.4 is 0 Å². The van der Waals surface area contributed by atoms with E-state index in [0.717, 1.165) is 0 Å². The summed E-state index contributed by atoms with van der Waals surface area (Å²) in [5.41, 5.74) is 0. The fraction of sp³-hybridized carbons (Fsp3) is 0.667. The average molecular weight is 204 g/mol. The molecule has 1 unspecified atom stereocenters. The van der Waals surface area contributed by atoms with Crippen molar-refractivity contribution in [3.05, 3.63) is 11.1 Å². The summed E-state index contributed by atoms with van der Waals surface area (Å²) >= 11 is 5.60. The third kappa shape index (κ3) is 1.89. The minimum Gasteiger partial charge on any atom is -0.160 e. The van der Waals surface area contributed by atoms with Crippen molar-refractivity contribution in [2.75, 3.05) is 17.3 Å². The number of nitrogens with zero attached hydrogens (tertiary/aromatic N) is 2. The van der Waals surface area contributed by atoms with Crippen LogP contribution in [0.3, 0.4) is 0 Å². The molecule has 0 aromatic carbocycles. The second kappa shape index (κ2) is 3.78. The third-order valence-electron chi connectivity index (χ3n) is 1.51. The van der Waals surface area contributed by atoms with Crippen LogP contribution in [0.1, 0.15) is 10.1 Å². The maximum absolute atomic E-state index is 3.87. The number of aromatic nitrogens is 2. The first kappa shape index (κ1) is 7.89. The summed E-state index contributed by atoms with van der Waals surface area (Å²) < 4.78 is 3.87. The Hall–Kier alpha value is 0.260. The Morgan fingerprint density at radius 3 is 3.09 bits per heavy atom. The highest BCUT2D eigenvalue weighted by Gasteiger charge is 2.17. The monoisotopic (exact) mass is 204 g/mol. The van der Waals surface area contributed by atoms with Crippen LogP contribution in [0.15, 0.2) is 6.20 Å². The molecule has 0 N–H and O–H groups in total. The molecule has 0 saturated carbocycles. The van der Waals surface area contributed by atoms with Gasteiger partial charge in [-0.05, 0) is 11.5 Å². The largest absolute Gasteiger partial charge is 0.160 e. The summed E-state index contributed by atoms with van der Waals surface area (Å²) in [4.78, 5) is 1.34. The van der Waals surface area contributed by atoms with Crippen LogP contribution in [0.4, 0.5) is 0 Å². The fourth-order valence-electron chi connectivity index (χ4n) is 0.969. The summed E-state index contributed by atoms with van der Waals surface area (Å²) in [6.07, 6.45) is 1.90.